The number of hydrogen-bond donors (Lipinski definition) is 1. The average Bonchev–Trinajstić information content (AvgIpc) is 3.16. The molecule has 0 unspecified atom stereocenters. The van der Waals surface area contributed by atoms with Crippen LogP contribution in [0, 0.1) is 6.92 Å². The number of imidazole rings is 1. The van der Waals surface area contributed by atoms with E-state index in [2.05, 4.69) is 15.0 Å². The van der Waals surface area contributed by atoms with Gasteiger partial charge < -0.3 is 10.1 Å². The van der Waals surface area contributed by atoms with Crippen molar-refractivity contribution in [2.75, 3.05) is 12.3 Å². The minimum Gasteiger partial charge on any atom is -0.435 e. The maximum atomic E-state index is 12.2. The highest BCUT2D eigenvalue weighted by molar-refractivity contribution is 7.99. The van der Waals surface area contributed by atoms with Crippen molar-refractivity contribution in [3.8, 4) is 11.4 Å². The number of ether oxygens (including phenoxy) is 1. The van der Waals surface area contributed by atoms with Crippen LogP contribution in [0.1, 0.15) is 11.1 Å². The Morgan fingerprint density at radius 3 is 2.69 bits per heavy atom. The Labute approximate surface area is 172 Å². The van der Waals surface area contributed by atoms with E-state index in [0.717, 1.165) is 22.0 Å². The number of carbonyl (C=O) groups is 1. The molecule has 5 nitrogen and oxygen atoms in total. The van der Waals surface area contributed by atoms with Crippen LogP contribution in [0.2, 0.25) is 0 Å². The molecular weight excluding hydrogens is 396 g/mol. The van der Waals surface area contributed by atoms with Crippen LogP contribution in [-0.2, 0) is 11.2 Å². The third-order valence-corrected chi connectivity index (χ3v) is 5.17. The zero-order valence-corrected chi connectivity index (χ0v) is 16.7. The molecule has 0 atom stereocenters. The molecule has 8 heteroatoms. The van der Waals surface area contributed by atoms with E-state index in [-0.39, 0.29) is 17.4 Å². The van der Waals surface area contributed by atoms with E-state index in [4.69, 9.17) is 0 Å². The quantitative estimate of drug-likeness (QED) is 0.530. The SMILES string of the molecule is Cc1ccccc1-n1ccnc1SCC(=O)NCCc1ccc(OC(F)F)cc1. The Balaban J connectivity index is 1.45. The van der Waals surface area contributed by atoms with Crippen LogP contribution in [0.3, 0.4) is 0 Å². The molecule has 1 N–H and O–H groups in total. The van der Waals surface area contributed by atoms with Gasteiger partial charge in [-0.15, -0.1) is 0 Å². The zero-order valence-electron chi connectivity index (χ0n) is 15.8. The smallest absolute Gasteiger partial charge is 0.387 e. The summed E-state index contributed by atoms with van der Waals surface area (Å²) in [4.78, 5) is 16.5. The normalized spacial score (nSPS) is 10.9. The molecule has 3 aromatic rings. The number of alkyl halides is 2. The predicted molar refractivity (Wildman–Crippen MR) is 109 cm³/mol. The molecule has 0 aliphatic heterocycles. The Morgan fingerprint density at radius 2 is 1.97 bits per heavy atom. The minimum absolute atomic E-state index is 0.0908. The molecule has 0 radical (unpaired) electrons. The number of carbonyl (C=O) groups excluding carboxylic acids is 1. The van der Waals surface area contributed by atoms with E-state index in [0.29, 0.717) is 13.0 Å². The molecule has 152 valence electrons. The number of nitrogens with zero attached hydrogens (tertiary/aromatic N) is 2. The largest absolute Gasteiger partial charge is 0.435 e. The van der Waals surface area contributed by atoms with Crippen molar-refractivity contribution in [1.29, 1.82) is 0 Å². The van der Waals surface area contributed by atoms with Gasteiger partial charge in [-0.3, -0.25) is 9.36 Å². The number of aryl methyl sites for hydroxylation is 1. The molecule has 3 rings (SSSR count). The van der Waals surface area contributed by atoms with Gasteiger partial charge in [0.15, 0.2) is 5.16 Å². The Morgan fingerprint density at radius 1 is 1.21 bits per heavy atom. The first kappa shape index (κ1) is 20.9. The number of para-hydroxylation sites is 1. The Bertz CT molecular complexity index is 945. The second kappa shape index (κ2) is 10.1. The molecule has 0 bridgehead atoms. The highest BCUT2D eigenvalue weighted by Gasteiger charge is 2.10. The highest BCUT2D eigenvalue weighted by Crippen LogP contribution is 2.22. The third kappa shape index (κ3) is 6.05. The Hall–Kier alpha value is -2.87. The molecular formula is C21H21F2N3O2S. The number of rotatable bonds is 9. The second-order valence-electron chi connectivity index (χ2n) is 6.28. The van der Waals surface area contributed by atoms with Crippen LogP contribution in [0.25, 0.3) is 5.69 Å². The Kier molecular flexibility index (Phi) is 7.24. The first-order chi connectivity index (χ1) is 14.0. The molecule has 0 aliphatic rings. The lowest BCUT2D eigenvalue weighted by atomic mass is 10.1. The molecule has 29 heavy (non-hydrogen) atoms. The second-order valence-corrected chi connectivity index (χ2v) is 7.22. The first-order valence-electron chi connectivity index (χ1n) is 9.05. The summed E-state index contributed by atoms with van der Waals surface area (Å²) in [5, 5.41) is 3.62. The summed E-state index contributed by atoms with van der Waals surface area (Å²) in [6, 6.07) is 14.4. The average molecular weight is 417 g/mol. The van der Waals surface area contributed by atoms with Gasteiger partial charge in [-0.2, -0.15) is 8.78 Å². The molecule has 2 aromatic carbocycles. The summed E-state index contributed by atoms with van der Waals surface area (Å²) in [7, 11) is 0. The third-order valence-electron chi connectivity index (χ3n) is 4.20. The number of amides is 1. The topological polar surface area (TPSA) is 56.2 Å². The van der Waals surface area contributed by atoms with Crippen LogP contribution < -0.4 is 10.1 Å². The van der Waals surface area contributed by atoms with Crippen molar-refractivity contribution in [2.24, 2.45) is 0 Å². The summed E-state index contributed by atoms with van der Waals surface area (Å²) in [5.41, 5.74) is 3.09. The van der Waals surface area contributed by atoms with E-state index in [1.54, 1.807) is 18.3 Å². The van der Waals surface area contributed by atoms with Gasteiger partial charge in [-0.1, -0.05) is 42.1 Å². The molecule has 0 aliphatic carbocycles. The fraction of sp³-hybridized carbons (Fsp3) is 0.238. The van der Waals surface area contributed by atoms with Crippen molar-refractivity contribution >= 4 is 17.7 Å². The van der Waals surface area contributed by atoms with Gasteiger partial charge in [0.25, 0.3) is 0 Å². The number of benzene rings is 2. The number of halogens is 2. The van der Waals surface area contributed by atoms with Crippen molar-refractivity contribution in [2.45, 2.75) is 25.1 Å². The lowest BCUT2D eigenvalue weighted by Gasteiger charge is -2.10. The predicted octanol–water partition coefficient (Wildman–Crippen LogP) is 4.23. The van der Waals surface area contributed by atoms with Crippen molar-refractivity contribution in [3.63, 3.8) is 0 Å². The van der Waals surface area contributed by atoms with Crippen LogP contribution in [0.4, 0.5) is 8.78 Å². The molecule has 1 heterocycles. The highest BCUT2D eigenvalue weighted by atomic mass is 32.2. The fourth-order valence-electron chi connectivity index (χ4n) is 2.78. The summed E-state index contributed by atoms with van der Waals surface area (Å²) >= 11 is 1.37. The van der Waals surface area contributed by atoms with E-state index in [1.807, 2.05) is 42.0 Å². The maximum absolute atomic E-state index is 12.2. The lowest BCUT2D eigenvalue weighted by molar-refractivity contribution is -0.118. The van der Waals surface area contributed by atoms with Gasteiger partial charge in [0.2, 0.25) is 5.91 Å². The molecule has 0 saturated heterocycles. The summed E-state index contributed by atoms with van der Waals surface area (Å²) in [5.74, 6) is 0.282. The van der Waals surface area contributed by atoms with Gasteiger partial charge >= 0.3 is 6.61 Å². The van der Waals surface area contributed by atoms with Gasteiger partial charge in [-0.25, -0.2) is 4.98 Å². The summed E-state index contributed by atoms with van der Waals surface area (Å²) < 4.78 is 30.6. The zero-order chi connectivity index (χ0) is 20.6. The van der Waals surface area contributed by atoms with Crippen LogP contribution in [0.5, 0.6) is 5.75 Å². The standard InChI is InChI=1S/C21H21F2N3O2S/c1-15-4-2-3-5-18(15)26-13-12-25-21(26)29-14-19(27)24-11-10-16-6-8-17(9-7-16)28-20(22)23/h2-9,12-13,20H,10-11,14H2,1H3,(H,24,27). The van der Waals surface area contributed by atoms with E-state index in [1.165, 1.54) is 23.9 Å². The number of hydrogen-bond acceptors (Lipinski definition) is 4. The lowest BCUT2D eigenvalue weighted by Crippen LogP contribution is -2.27. The number of thioether (sulfide) groups is 1. The molecule has 0 saturated carbocycles. The van der Waals surface area contributed by atoms with Crippen molar-refractivity contribution < 1.29 is 18.3 Å². The molecule has 1 aromatic heterocycles. The van der Waals surface area contributed by atoms with E-state index < -0.39 is 6.61 Å². The monoisotopic (exact) mass is 417 g/mol. The van der Waals surface area contributed by atoms with E-state index in [9.17, 15) is 13.6 Å². The number of aromatic nitrogens is 2. The molecule has 0 spiro atoms. The molecule has 1 amide bonds. The van der Waals surface area contributed by atoms with Gasteiger partial charge in [0.05, 0.1) is 11.4 Å². The minimum atomic E-state index is -2.83. The van der Waals surface area contributed by atoms with Crippen molar-refractivity contribution in [3.05, 3.63) is 72.1 Å². The van der Waals surface area contributed by atoms with Crippen LogP contribution >= 0.6 is 11.8 Å². The van der Waals surface area contributed by atoms with Gasteiger partial charge in [0, 0.05) is 18.9 Å². The summed E-state index contributed by atoms with van der Waals surface area (Å²) in [6.45, 7) is -0.345. The fourth-order valence-corrected chi connectivity index (χ4v) is 3.57. The van der Waals surface area contributed by atoms with Gasteiger partial charge in [0.1, 0.15) is 5.75 Å². The van der Waals surface area contributed by atoms with Crippen LogP contribution in [0.15, 0.2) is 66.1 Å². The van der Waals surface area contributed by atoms with Crippen LogP contribution in [-0.4, -0.2) is 34.4 Å². The van der Waals surface area contributed by atoms with Gasteiger partial charge in [-0.05, 0) is 42.7 Å². The van der Waals surface area contributed by atoms with Crippen molar-refractivity contribution in [1.82, 2.24) is 14.9 Å². The summed E-state index contributed by atoms with van der Waals surface area (Å²) in [6.07, 6.45) is 4.20. The first-order valence-corrected chi connectivity index (χ1v) is 10.0. The maximum Gasteiger partial charge on any atom is 0.387 e. The number of nitrogens with one attached hydrogen (secondary N) is 1. The molecule has 0 fully saturated rings. The van der Waals surface area contributed by atoms with E-state index >= 15 is 0 Å².